The van der Waals surface area contributed by atoms with Crippen LogP contribution in [0.3, 0.4) is 0 Å². The largest absolute Gasteiger partial charge is 0.384 e. The zero-order chi connectivity index (χ0) is 13.2. The molecule has 0 heterocycles. The van der Waals surface area contributed by atoms with Crippen LogP contribution in [0, 0.1) is 12.8 Å². The maximum absolute atomic E-state index is 5.29. The SMILES string of the molecule is COCCNCC(COC)Cc1ccc(C)cc1. The van der Waals surface area contributed by atoms with Crippen LogP contribution in [0.2, 0.25) is 0 Å². The number of ether oxygens (including phenoxy) is 2. The van der Waals surface area contributed by atoms with Gasteiger partial charge in [0.15, 0.2) is 0 Å². The fraction of sp³-hybridized carbons (Fsp3) is 0.600. The van der Waals surface area contributed by atoms with Crippen molar-refractivity contribution in [2.24, 2.45) is 5.92 Å². The lowest BCUT2D eigenvalue weighted by Crippen LogP contribution is -2.29. The second-order valence-electron chi connectivity index (χ2n) is 4.71. The smallest absolute Gasteiger partial charge is 0.0587 e. The van der Waals surface area contributed by atoms with E-state index in [2.05, 4.69) is 36.5 Å². The molecule has 3 heteroatoms. The van der Waals surface area contributed by atoms with E-state index in [0.29, 0.717) is 5.92 Å². The Balaban J connectivity index is 2.38. The summed E-state index contributed by atoms with van der Waals surface area (Å²) in [6, 6.07) is 8.73. The summed E-state index contributed by atoms with van der Waals surface area (Å²) in [6.07, 6.45) is 1.05. The van der Waals surface area contributed by atoms with E-state index in [1.165, 1.54) is 11.1 Å². The van der Waals surface area contributed by atoms with Crippen molar-refractivity contribution in [1.29, 1.82) is 0 Å². The molecule has 0 aliphatic rings. The summed E-state index contributed by atoms with van der Waals surface area (Å²) >= 11 is 0. The monoisotopic (exact) mass is 251 g/mol. The molecule has 3 nitrogen and oxygen atoms in total. The maximum atomic E-state index is 5.29. The zero-order valence-electron chi connectivity index (χ0n) is 11.7. The maximum Gasteiger partial charge on any atom is 0.0587 e. The molecule has 1 aromatic rings. The highest BCUT2D eigenvalue weighted by molar-refractivity contribution is 5.21. The Kier molecular flexibility index (Phi) is 7.65. The van der Waals surface area contributed by atoms with Crippen molar-refractivity contribution in [2.45, 2.75) is 13.3 Å². The molecule has 0 saturated carbocycles. The van der Waals surface area contributed by atoms with Crippen LogP contribution < -0.4 is 5.32 Å². The third kappa shape index (κ3) is 6.15. The summed E-state index contributed by atoms with van der Waals surface area (Å²) < 4.78 is 10.3. The zero-order valence-corrected chi connectivity index (χ0v) is 11.7. The van der Waals surface area contributed by atoms with Gasteiger partial charge in [-0.05, 0) is 24.8 Å². The first-order chi connectivity index (χ1) is 8.76. The molecule has 0 radical (unpaired) electrons. The van der Waals surface area contributed by atoms with Crippen LogP contribution in [0.25, 0.3) is 0 Å². The minimum atomic E-state index is 0.509. The first-order valence-corrected chi connectivity index (χ1v) is 6.50. The molecule has 1 N–H and O–H groups in total. The second kappa shape index (κ2) is 9.09. The standard InChI is InChI=1S/C15H25NO2/c1-13-4-6-14(7-5-13)10-15(12-18-3)11-16-8-9-17-2/h4-7,15-16H,8-12H2,1-3H3. The van der Waals surface area contributed by atoms with Gasteiger partial charge in [0.2, 0.25) is 0 Å². The topological polar surface area (TPSA) is 30.5 Å². The number of nitrogens with one attached hydrogen (secondary N) is 1. The first-order valence-electron chi connectivity index (χ1n) is 6.50. The van der Waals surface area contributed by atoms with Crippen LogP contribution in [0.1, 0.15) is 11.1 Å². The molecule has 18 heavy (non-hydrogen) atoms. The number of methoxy groups -OCH3 is 2. The molecular weight excluding hydrogens is 226 g/mol. The molecule has 0 aliphatic carbocycles. The Morgan fingerprint density at radius 3 is 2.44 bits per heavy atom. The number of benzene rings is 1. The van der Waals surface area contributed by atoms with Crippen molar-refractivity contribution < 1.29 is 9.47 Å². The molecule has 1 rings (SSSR count). The van der Waals surface area contributed by atoms with E-state index in [9.17, 15) is 0 Å². The van der Waals surface area contributed by atoms with E-state index in [1.54, 1.807) is 14.2 Å². The van der Waals surface area contributed by atoms with Gasteiger partial charge in [-0.3, -0.25) is 0 Å². The molecule has 0 spiro atoms. The van der Waals surface area contributed by atoms with Gasteiger partial charge in [-0.25, -0.2) is 0 Å². The lowest BCUT2D eigenvalue weighted by Gasteiger charge is -2.17. The highest BCUT2D eigenvalue weighted by Gasteiger charge is 2.09. The molecule has 0 aromatic heterocycles. The van der Waals surface area contributed by atoms with Gasteiger partial charge in [-0.15, -0.1) is 0 Å². The Labute approximate surface area is 110 Å². The van der Waals surface area contributed by atoms with Crippen molar-refractivity contribution in [3.63, 3.8) is 0 Å². The molecule has 0 aliphatic heterocycles. The first kappa shape index (κ1) is 15.2. The third-order valence-corrected chi connectivity index (χ3v) is 2.96. The average Bonchev–Trinajstić information content (AvgIpc) is 2.37. The van der Waals surface area contributed by atoms with Gasteiger partial charge >= 0.3 is 0 Å². The van der Waals surface area contributed by atoms with Crippen LogP contribution >= 0.6 is 0 Å². The molecule has 0 amide bonds. The van der Waals surface area contributed by atoms with E-state index in [4.69, 9.17) is 9.47 Å². The normalized spacial score (nSPS) is 12.6. The molecule has 0 bridgehead atoms. The molecule has 1 aromatic carbocycles. The van der Waals surface area contributed by atoms with Gasteiger partial charge in [0.25, 0.3) is 0 Å². The highest BCUT2D eigenvalue weighted by atomic mass is 16.5. The lowest BCUT2D eigenvalue weighted by atomic mass is 9.99. The highest BCUT2D eigenvalue weighted by Crippen LogP contribution is 2.10. The Morgan fingerprint density at radius 1 is 1.11 bits per heavy atom. The summed E-state index contributed by atoms with van der Waals surface area (Å²) in [5.74, 6) is 0.509. The quantitative estimate of drug-likeness (QED) is 0.681. The summed E-state index contributed by atoms with van der Waals surface area (Å²) in [6.45, 7) is 5.51. The van der Waals surface area contributed by atoms with E-state index in [1.807, 2.05) is 0 Å². The molecule has 102 valence electrons. The van der Waals surface area contributed by atoms with Crippen LogP contribution in [-0.2, 0) is 15.9 Å². The summed E-state index contributed by atoms with van der Waals surface area (Å²) in [5.41, 5.74) is 2.68. The van der Waals surface area contributed by atoms with Crippen molar-refractivity contribution in [1.82, 2.24) is 5.32 Å². The third-order valence-electron chi connectivity index (χ3n) is 2.96. The van der Waals surface area contributed by atoms with Gasteiger partial charge in [0.1, 0.15) is 0 Å². The molecule has 1 atom stereocenters. The Morgan fingerprint density at radius 2 is 1.83 bits per heavy atom. The van der Waals surface area contributed by atoms with Crippen molar-refractivity contribution in [3.05, 3.63) is 35.4 Å². The number of aryl methyl sites for hydroxylation is 1. The summed E-state index contributed by atoms with van der Waals surface area (Å²) in [7, 11) is 3.48. The second-order valence-corrected chi connectivity index (χ2v) is 4.71. The minimum Gasteiger partial charge on any atom is -0.384 e. The van der Waals surface area contributed by atoms with Crippen LogP contribution in [0.4, 0.5) is 0 Å². The van der Waals surface area contributed by atoms with E-state index < -0.39 is 0 Å². The van der Waals surface area contributed by atoms with E-state index >= 15 is 0 Å². The van der Waals surface area contributed by atoms with Gasteiger partial charge in [0.05, 0.1) is 13.2 Å². The fourth-order valence-electron chi connectivity index (χ4n) is 1.96. The summed E-state index contributed by atoms with van der Waals surface area (Å²) in [4.78, 5) is 0. The van der Waals surface area contributed by atoms with Gasteiger partial charge in [0, 0.05) is 27.3 Å². The number of rotatable bonds is 9. The molecule has 0 saturated heterocycles. The van der Waals surface area contributed by atoms with Gasteiger partial charge < -0.3 is 14.8 Å². The van der Waals surface area contributed by atoms with Crippen molar-refractivity contribution in [2.75, 3.05) is 40.5 Å². The van der Waals surface area contributed by atoms with Gasteiger partial charge in [-0.2, -0.15) is 0 Å². The van der Waals surface area contributed by atoms with Crippen LogP contribution in [0.5, 0.6) is 0 Å². The fourth-order valence-corrected chi connectivity index (χ4v) is 1.96. The Hall–Kier alpha value is -0.900. The van der Waals surface area contributed by atoms with Crippen molar-refractivity contribution >= 4 is 0 Å². The van der Waals surface area contributed by atoms with Gasteiger partial charge in [-0.1, -0.05) is 29.8 Å². The number of hydrogen-bond acceptors (Lipinski definition) is 3. The molecule has 1 unspecified atom stereocenters. The molecule has 0 fully saturated rings. The Bertz CT molecular complexity index is 311. The predicted octanol–water partition coefficient (Wildman–Crippen LogP) is 2.04. The summed E-state index contributed by atoms with van der Waals surface area (Å²) in [5, 5.41) is 3.40. The van der Waals surface area contributed by atoms with E-state index in [-0.39, 0.29) is 0 Å². The molecular formula is C15H25NO2. The van der Waals surface area contributed by atoms with Crippen LogP contribution in [0.15, 0.2) is 24.3 Å². The van der Waals surface area contributed by atoms with E-state index in [0.717, 1.165) is 32.7 Å². The predicted molar refractivity (Wildman–Crippen MR) is 75.0 cm³/mol. The lowest BCUT2D eigenvalue weighted by molar-refractivity contribution is 0.147. The number of hydrogen-bond donors (Lipinski definition) is 1. The minimum absolute atomic E-state index is 0.509. The van der Waals surface area contributed by atoms with Crippen molar-refractivity contribution in [3.8, 4) is 0 Å². The van der Waals surface area contributed by atoms with Crippen LogP contribution in [-0.4, -0.2) is 40.5 Å². The average molecular weight is 251 g/mol.